The SMILES string of the molecule is CCOC(=O)c1c(N2C(=O)[C@@H]3[C@H](ON(c4ccc(Cl)cc4)[C@@H]3c3ccc(Cl)cc3Cl)C2=O)sc(C)c1C. The molecule has 0 unspecified atom stereocenters. The molecule has 1 aromatic heterocycles. The predicted octanol–water partition coefficient (Wildman–Crippen LogP) is 6.55. The number of halogens is 3. The Labute approximate surface area is 232 Å². The zero-order valence-electron chi connectivity index (χ0n) is 20.0. The van der Waals surface area contributed by atoms with E-state index in [0.717, 1.165) is 9.78 Å². The van der Waals surface area contributed by atoms with Crippen LogP contribution < -0.4 is 9.96 Å². The second-order valence-electron chi connectivity index (χ2n) is 8.66. The largest absolute Gasteiger partial charge is 0.462 e. The third-order valence-corrected chi connectivity index (χ3v) is 8.53. The molecular weight excluding hydrogens is 559 g/mol. The average Bonchev–Trinajstić information content (AvgIpc) is 3.45. The molecule has 2 fully saturated rings. The molecule has 5 rings (SSSR count). The lowest BCUT2D eigenvalue weighted by atomic mass is 9.90. The predicted molar refractivity (Wildman–Crippen MR) is 144 cm³/mol. The normalized spacial score (nSPS) is 21.1. The van der Waals surface area contributed by atoms with Gasteiger partial charge in [-0.15, -0.1) is 11.3 Å². The molecule has 3 heterocycles. The van der Waals surface area contributed by atoms with Crippen LogP contribution >= 0.6 is 46.1 Å². The molecule has 11 heteroatoms. The molecule has 0 radical (unpaired) electrons. The fourth-order valence-corrected chi connectivity index (χ4v) is 6.50. The van der Waals surface area contributed by atoms with Gasteiger partial charge in [-0.05, 0) is 68.3 Å². The molecule has 2 aromatic carbocycles. The summed E-state index contributed by atoms with van der Waals surface area (Å²) in [4.78, 5) is 48.6. The van der Waals surface area contributed by atoms with Gasteiger partial charge in [-0.1, -0.05) is 40.9 Å². The molecule has 0 aliphatic carbocycles. The van der Waals surface area contributed by atoms with Crippen LogP contribution in [0.2, 0.25) is 15.1 Å². The van der Waals surface area contributed by atoms with Crippen LogP contribution in [0.1, 0.15) is 39.3 Å². The molecule has 0 bridgehead atoms. The number of anilines is 2. The number of hydrogen-bond acceptors (Lipinski definition) is 7. The number of ether oxygens (including phenoxy) is 1. The lowest BCUT2D eigenvalue weighted by Gasteiger charge is -2.29. The number of thiophene rings is 1. The molecule has 2 aliphatic rings. The number of nitrogens with zero attached hydrogens (tertiary/aromatic N) is 2. The number of rotatable bonds is 5. The highest BCUT2D eigenvalue weighted by molar-refractivity contribution is 7.17. The first-order valence-corrected chi connectivity index (χ1v) is 13.4. The summed E-state index contributed by atoms with van der Waals surface area (Å²) < 4.78 is 5.23. The van der Waals surface area contributed by atoms with Crippen molar-refractivity contribution in [3.8, 4) is 0 Å². The van der Waals surface area contributed by atoms with Crippen LogP contribution in [0.5, 0.6) is 0 Å². The first-order chi connectivity index (χ1) is 17.6. The molecule has 3 aromatic rings. The Morgan fingerprint density at radius 2 is 1.70 bits per heavy atom. The van der Waals surface area contributed by atoms with Crippen molar-refractivity contribution in [3.63, 3.8) is 0 Å². The Hall–Kier alpha value is -2.62. The smallest absolute Gasteiger partial charge is 0.341 e. The van der Waals surface area contributed by atoms with Crippen LogP contribution in [-0.4, -0.2) is 30.5 Å². The van der Waals surface area contributed by atoms with E-state index in [1.54, 1.807) is 56.3 Å². The van der Waals surface area contributed by atoms with Gasteiger partial charge in [0.15, 0.2) is 6.10 Å². The van der Waals surface area contributed by atoms with Crippen molar-refractivity contribution in [1.82, 2.24) is 0 Å². The van der Waals surface area contributed by atoms with Crippen LogP contribution in [0.25, 0.3) is 0 Å². The number of imide groups is 1. The third-order valence-electron chi connectivity index (χ3n) is 6.53. The molecule has 0 N–H and O–H groups in total. The highest BCUT2D eigenvalue weighted by Crippen LogP contribution is 2.51. The van der Waals surface area contributed by atoms with Crippen LogP contribution in [-0.2, 0) is 19.2 Å². The number of amides is 2. The molecule has 192 valence electrons. The maximum atomic E-state index is 14.0. The number of carbonyl (C=O) groups is 3. The zero-order valence-corrected chi connectivity index (χ0v) is 23.0. The molecule has 37 heavy (non-hydrogen) atoms. The van der Waals surface area contributed by atoms with Gasteiger partial charge in [-0.25, -0.2) is 14.8 Å². The Bertz CT molecular complexity index is 1420. The zero-order chi connectivity index (χ0) is 26.6. The summed E-state index contributed by atoms with van der Waals surface area (Å²) in [7, 11) is 0. The van der Waals surface area contributed by atoms with Gasteiger partial charge >= 0.3 is 5.97 Å². The minimum absolute atomic E-state index is 0.163. The van der Waals surface area contributed by atoms with Gasteiger partial charge in [-0.2, -0.15) is 0 Å². The maximum Gasteiger partial charge on any atom is 0.341 e. The number of carbonyl (C=O) groups excluding carboxylic acids is 3. The fourth-order valence-electron chi connectivity index (χ4n) is 4.69. The van der Waals surface area contributed by atoms with Gasteiger partial charge < -0.3 is 4.74 Å². The first-order valence-electron chi connectivity index (χ1n) is 11.5. The Morgan fingerprint density at radius 1 is 1.03 bits per heavy atom. The van der Waals surface area contributed by atoms with Crippen molar-refractivity contribution in [1.29, 1.82) is 0 Å². The van der Waals surface area contributed by atoms with Crippen LogP contribution in [0, 0.1) is 19.8 Å². The van der Waals surface area contributed by atoms with Gasteiger partial charge in [0.1, 0.15) is 10.9 Å². The maximum absolute atomic E-state index is 14.0. The summed E-state index contributed by atoms with van der Waals surface area (Å²) in [6, 6.07) is 11.1. The molecule has 7 nitrogen and oxygen atoms in total. The number of hydrogen-bond donors (Lipinski definition) is 0. The average molecular weight is 580 g/mol. The standard InChI is InChI=1S/C26H21Cl3N2O5S/c1-4-35-26(34)19-12(2)13(3)37-25(19)30-23(32)20-21(17-10-7-15(28)11-18(17)29)31(36-22(20)24(30)33)16-8-5-14(27)6-9-16/h5-11,20-22H,4H2,1-3H3/t20-,21+,22-/m0/s1. The summed E-state index contributed by atoms with van der Waals surface area (Å²) in [5.74, 6) is -2.57. The second kappa shape index (κ2) is 9.93. The van der Waals surface area contributed by atoms with Crippen LogP contribution in [0.3, 0.4) is 0 Å². The van der Waals surface area contributed by atoms with Gasteiger partial charge in [0.2, 0.25) is 5.91 Å². The summed E-state index contributed by atoms with van der Waals surface area (Å²) in [6.07, 6.45) is -1.13. The van der Waals surface area contributed by atoms with Crippen molar-refractivity contribution in [2.24, 2.45) is 5.92 Å². The number of hydroxylamine groups is 1. The van der Waals surface area contributed by atoms with E-state index in [2.05, 4.69) is 0 Å². The monoisotopic (exact) mass is 578 g/mol. The first kappa shape index (κ1) is 26.0. The molecule has 2 aliphatic heterocycles. The van der Waals surface area contributed by atoms with E-state index in [4.69, 9.17) is 44.4 Å². The Kier molecular flexibility index (Phi) is 6.98. The van der Waals surface area contributed by atoms with E-state index in [1.165, 1.54) is 16.4 Å². The highest BCUT2D eigenvalue weighted by Gasteiger charge is 2.61. The summed E-state index contributed by atoms with van der Waals surface area (Å²) in [5.41, 5.74) is 2.04. The van der Waals surface area contributed by atoms with Gasteiger partial charge in [0.25, 0.3) is 5.91 Å². The van der Waals surface area contributed by atoms with Gasteiger partial charge in [0.05, 0.1) is 23.9 Å². The minimum Gasteiger partial charge on any atom is -0.462 e. The third kappa shape index (κ3) is 4.30. The van der Waals surface area contributed by atoms with Gasteiger partial charge in [-0.3, -0.25) is 14.4 Å². The van der Waals surface area contributed by atoms with Crippen LogP contribution in [0.15, 0.2) is 42.5 Å². The Morgan fingerprint density at radius 3 is 2.35 bits per heavy atom. The van der Waals surface area contributed by atoms with E-state index in [-0.39, 0.29) is 17.2 Å². The fraction of sp³-hybridized carbons (Fsp3) is 0.269. The lowest BCUT2D eigenvalue weighted by molar-refractivity contribution is -0.126. The number of esters is 1. The molecular formula is C26H21Cl3N2O5S. The van der Waals surface area contributed by atoms with E-state index < -0.39 is 35.8 Å². The van der Waals surface area contributed by atoms with Crippen molar-refractivity contribution < 1.29 is 24.0 Å². The highest BCUT2D eigenvalue weighted by atomic mass is 35.5. The van der Waals surface area contributed by atoms with Gasteiger partial charge in [0, 0.05) is 19.9 Å². The Balaban J connectivity index is 1.62. The van der Waals surface area contributed by atoms with Crippen molar-refractivity contribution in [3.05, 3.63) is 79.1 Å². The van der Waals surface area contributed by atoms with E-state index in [1.807, 2.05) is 6.92 Å². The molecule has 3 atom stereocenters. The van der Waals surface area contributed by atoms with E-state index in [0.29, 0.717) is 31.9 Å². The van der Waals surface area contributed by atoms with Crippen molar-refractivity contribution in [2.45, 2.75) is 32.9 Å². The van der Waals surface area contributed by atoms with E-state index in [9.17, 15) is 14.4 Å². The number of fused-ring (bicyclic) bond motifs is 1. The topological polar surface area (TPSA) is 76.2 Å². The summed E-state index contributed by atoms with van der Waals surface area (Å²) >= 11 is 20.0. The van der Waals surface area contributed by atoms with E-state index >= 15 is 0 Å². The molecule has 0 spiro atoms. The van der Waals surface area contributed by atoms with Crippen LogP contribution in [0.4, 0.5) is 10.7 Å². The summed E-state index contributed by atoms with van der Waals surface area (Å²) in [6.45, 7) is 5.45. The van der Waals surface area contributed by atoms with Crippen molar-refractivity contribution in [2.75, 3.05) is 16.6 Å². The van der Waals surface area contributed by atoms with Crippen molar-refractivity contribution >= 4 is 74.6 Å². The quantitative estimate of drug-likeness (QED) is 0.252. The number of aryl methyl sites for hydroxylation is 1. The molecule has 2 saturated heterocycles. The molecule has 0 saturated carbocycles. The summed E-state index contributed by atoms with van der Waals surface area (Å²) in [5, 5.41) is 3.04. The lowest BCUT2D eigenvalue weighted by Crippen LogP contribution is -2.37. The minimum atomic E-state index is -1.13. The second-order valence-corrected chi connectivity index (χ2v) is 11.1. The molecule has 2 amide bonds. The number of benzene rings is 2.